The van der Waals surface area contributed by atoms with E-state index < -0.39 is 11.4 Å². The van der Waals surface area contributed by atoms with Gasteiger partial charge in [0.15, 0.2) is 0 Å². The Bertz CT molecular complexity index is 1110. The van der Waals surface area contributed by atoms with Crippen molar-refractivity contribution in [1.82, 2.24) is 25.5 Å². The van der Waals surface area contributed by atoms with Gasteiger partial charge in [0, 0.05) is 19.5 Å². The molecule has 1 fully saturated rings. The maximum Gasteiger partial charge on any atom is 0.315 e. The molecule has 33 heavy (non-hydrogen) atoms. The third-order valence-corrected chi connectivity index (χ3v) is 6.17. The second-order valence-corrected chi connectivity index (χ2v) is 8.83. The highest BCUT2D eigenvalue weighted by Gasteiger charge is 2.40. The highest BCUT2D eigenvalue weighted by atomic mass is 16.2. The zero-order valence-corrected chi connectivity index (χ0v) is 19.6. The Hall–Kier alpha value is -3.23. The zero-order valence-electron chi connectivity index (χ0n) is 19.6. The monoisotopic (exact) mass is 455 g/mol. The highest BCUT2D eigenvalue weighted by molar-refractivity contribution is 5.99. The van der Waals surface area contributed by atoms with Crippen molar-refractivity contribution in [2.75, 3.05) is 6.54 Å². The number of amides is 4. The number of nitrogens with one attached hydrogen (secondary N) is 3. The SMILES string of the molecule is CCCCCCNC(=O)NCc1ccc2nc(C)n(C3(C)CCCC(=O)NC3=O)c(=O)c2c1. The predicted octanol–water partition coefficient (Wildman–Crippen LogP) is 2.63. The van der Waals surface area contributed by atoms with Crippen molar-refractivity contribution in [2.24, 2.45) is 0 Å². The van der Waals surface area contributed by atoms with Gasteiger partial charge in [0.05, 0.1) is 10.9 Å². The number of rotatable bonds is 8. The summed E-state index contributed by atoms with van der Waals surface area (Å²) >= 11 is 0. The van der Waals surface area contributed by atoms with E-state index >= 15 is 0 Å². The summed E-state index contributed by atoms with van der Waals surface area (Å²) in [4.78, 5) is 54.7. The molecule has 3 rings (SSSR count). The lowest BCUT2D eigenvalue weighted by Crippen LogP contribution is -2.51. The van der Waals surface area contributed by atoms with Crippen molar-refractivity contribution in [3.05, 3.63) is 39.9 Å². The van der Waals surface area contributed by atoms with E-state index in [2.05, 4.69) is 27.9 Å². The predicted molar refractivity (Wildman–Crippen MR) is 126 cm³/mol. The molecule has 178 valence electrons. The molecule has 9 heteroatoms. The number of hydrogen-bond acceptors (Lipinski definition) is 5. The van der Waals surface area contributed by atoms with E-state index in [4.69, 9.17) is 0 Å². The van der Waals surface area contributed by atoms with Gasteiger partial charge in [-0.05, 0) is 50.8 Å². The molecule has 0 radical (unpaired) electrons. The van der Waals surface area contributed by atoms with Crippen LogP contribution in [0.4, 0.5) is 4.79 Å². The molecule has 0 bridgehead atoms. The fourth-order valence-corrected chi connectivity index (χ4v) is 4.28. The topological polar surface area (TPSA) is 122 Å². The van der Waals surface area contributed by atoms with E-state index in [1.54, 1.807) is 26.0 Å². The number of imide groups is 1. The highest BCUT2D eigenvalue weighted by Crippen LogP contribution is 2.27. The van der Waals surface area contributed by atoms with Gasteiger partial charge in [-0.3, -0.25) is 24.3 Å². The normalized spacial score (nSPS) is 18.6. The smallest absolute Gasteiger partial charge is 0.315 e. The van der Waals surface area contributed by atoms with Crippen molar-refractivity contribution >= 4 is 28.7 Å². The minimum atomic E-state index is -1.21. The number of fused-ring (bicyclic) bond motifs is 1. The van der Waals surface area contributed by atoms with E-state index in [-0.39, 0.29) is 30.5 Å². The molecule has 3 N–H and O–H groups in total. The van der Waals surface area contributed by atoms with Gasteiger partial charge in [0.25, 0.3) is 11.5 Å². The minimum absolute atomic E-state index is 0.243. The molecular weight excluding hydrogens is 422 g/mol. The molecule has 1 unspecified atom stereocenters. The second kappa shape index (κ2) is 10.6. The van der Waals surface area contributed by atoms with Crippen molar-refractivity contribution in [1.29, 1.82) is 0 Å². The van der Waals surface area contributed by atoms with Crippen molar-refractivity contribution in [3.8, 4) is 0 Å². The van der Waals surface area contributed by atoms with Crippen LogP contribution in [-0.4, -0.2) is 33.9 Å². The molecule has 4 amide bonds. The Morgan fingerprint density at radius 1 is 1.18 bits per heavy atom. The molecule has 2 heterocycles. The zero-order chi connectivity index (χ0) is 24.0. The molecule has 1 saturated heterocycles. The fraction of sp³-hybridized carbons (Fsp3) is 0.542. The Morgan fingerprint density at radius 2 is 1.97 bits per heavy atom. The summed E-state index contributed by atoms with van der Waals surface area (Å²) in [7, 11) is 0. The number of urea groups is 1. The molecule has 2 aromatic rings. The third kappa shape index (κ3) is 5.58. The van der Waals surface area contributed by atoms with Crippen LogP contribution in [-0.2, 0) is 21.7 Å². The van der Waals surface area contributed by atoms with Crippen LogP contribution in [0.2, 0.25) is 0 Å². The molecular formula is C24H33N5O4. The second-order valence-electron chi connectivity index (χ2n) is 8.83. The first-order chi connectivity index (χ1) is 15.8. The Morgan fingerprint density at radius 3 is 2.73 bits per heavy atom. The lowest BCUT2D eigenvalue weighted by molar-refractivity contribution is -0.134. The van der Waals surface area contributed by atoms with Crippen LogP contribution in [0.3, 0.4) is 0 Å². The number of carbonyl (C=O) groups is 3. The molecule has 1 atom stereocenters. The van der Waals surface area contributed by atoms with E-state index in [1.165, 1.54) is 4.57 Å². The first-order valence-electron chi connectivity index (χ1n) is 11.6. The summed E-state index contributed by atoms with van der Waals surface area (Å²) in [6.07, 6.45) is 5.43. The summed E-state index contributed by atoms with van der Waals surface area (Å²) in [5, 5.41) is 8.40. The summed E-state index contributed by atoms with van der Waals surface area (Å²) in [6, 6.07) is 5.01. The van der Waals surface area contributed by atoms with Crippen LogP contribution in [0, 0.1) is 6.92 Å². The Kier molecular flexibility index (Phi) is 7.84. The van der Waals surface area contributed by atoms with Crippen LogP contribution < -0.4 is 21.5 Å². The van der Waals surface area contributed by atoms with Crippen LogP contribution in [0.25, 0.3) is 10.9 Å². The van der Waals surface area contributed by atoms with Gasteiger partial charge in [-0.1, -0.05) is 32.3 Å². The van der Waals surface area contributed by atoms with Crippen LogP contribution in [0.5, 0.6) is 0 Å². The largest absolute Gasteiger partial charge is 0.338 e. The van der Waals surface area contributed by atoms with Crippen LogP contribution in [0.15, 0.2) is 23.0 Å². The molecule has 1 aromatic heterocycles. The summed E-state index contributed by atoms with van der Waals surface area (Å²) in [6.45, 7) is 6.38. The first-order valence-corrected chi connectivity index (χ1v) is 11.6. The lowest BCUT2D eigenvalue weighted by Gasteiger charge is -2.30. The van der Waals surface area contributed by atoms with Crippen LogP contribution >= 0.6 is 0 Å². The summed E-state index contributed by atoms with van der Waals surface area (Å²) in [5.41, 5.74) is -0.276. The van der Waals surface area contributed by atoms with Gasteiger partial charge in [-0.2, -0.15) is 0 Å². The maximum absolute atomic E-state index is 13.5. The summed E-state index contributed by atoms with van der Waals surface area (Å²) < 4.78 is 1.39. The Balaban J connectivity index is 1.80. The van der Waals surface area contributed by atoms with Gasteiger partial charge >= 0.3 is 6.03 Å². The molecule has 0 aliphatic carbocycles. The van der Waals surface area contributed by atoms with E-state index in [0.29, 0.717) is 36.1 Å². The standard InChI is InChI=1S/C24H33N5O4/c1-4-5-6-7-13-25-23(33)26-15-17-10-11-19-18(14-17)21(31)29(16(2)27-19)24(3)12-8-9-20(30)28-22(24)32/h10-11,14H,4-9,12-13,15H2,1-3H3,(H2,25,26,33)(H,28,30,32). The van der Waals surface area contributed by atoms with Gasteiger partial charge in [0.1, 0.15) is 11.4 Å². The quantitative estimate of drug-likeness (QED) is 0.417. The van der Waals surface area contributed by atoms with Crippen molar-refractivity contribution < 1.29 is 14.4 Å². The molecule has 0 saturated carbocycles. The summed E-state index contributed by atoms with van der Waals surface area (Å²) in [5.74, 6) is -0.419. The van der Waals surface area contributed by atoms with Gasteiger partial charge < -0.3 is 10.6 Å². The molecule has 1 aromatic carbocycles. The lowest BCUT2D eigenvalue weighted by atomic mass is 9.94. The average molecular weight is 456 g/mol. The molecule has 1 aliphatic heterocycles. The minimum Gasteiger partial charge on any atom is -0.338 e. The van der Waals surface area contributed by atoms with Crippen molar-refractivity contribution in [2.45, 2.75) is 77.8 Å². The first kappa shape index (κ1) is 24.4. The average Bonchev–Trinajstić information content (AvgIpc) is 2.90. The van der Waals surface area contributed by atoms with E-state index in [1.807, 2.05) is 6.07 Å². The number of carbonyl (C=O) groups excluding carboxylic acids is 3. The number of unbranched alkanes of at least 4 members (excludes halogenated alkanes) is 3. The van der Waals surface area contributed by atoms with Gasteiger partial charge in [0.2, 0.25) is 5.91 Å². The van der Waals surface area contributed by atoms with Gasteiger partial charge in [-0.25, -0.2) is 9.78 Å². The van der Waals surface area contributed by atoms with Crippen LogP contribution in [0.1, 0.15) is 70.2 Å². The molecule has 0 spiro atoms. The van der Waals surface area contributed by atoms with Crippen molar-refractivity contribution in [3.63, 3.8) is 0 Å². The number of aromatic nitrogens is 2. The third-order valence-electron chi connectivity index (χ3n) is 6.17. The maximum atomic E-state index is 13.5. The van der Waals surface area contributed by atoms with E-state index in [9.17, 15) is 19.2 Å². The van der Waals surface area contributed by atoms with E-state index in [0.717, 1.165) is 31.2 Å². The molecule has 9 nitrogen and oxygen atoms in total. The number of aryl methyl sites for hydroxylation is 1. The Labute approximate surface area is 193 Å². The number of benzene rings is 1. The fourth-order valence-electron chi connectivity index (χ4n) is 4.28. The molecule has 1 aliphatic rings. The van der Waals surface area contributed by atoms with Gasteiger partial charge in [-0.15, -0.1) is 0 Å². The number of hydrogen-bond donors (Lipinski definition) is 3. The number of nitrogens with zero attached hydrogens (tertiary/aromatic N) is 2.